The zero-order chi connectivity index (χ0) is 13.0. The summed E-state index contributed by atoms with van der Waals surface area (Å²) in [4.78, 5) is 16.2. The number of ketones is 1. The monoisotopic (exact) mass is 247 g/mol. The maximum Gasteiger partial charge on any atom is 0.176 e. The first-order valence-electron chi connectivity index (χ1n) is 6.55. The summed E-state index contributed by atoms with van der Waals surface area (Å²) in [6.07, 6.45) is 0. The van der Waals surface area contributed by atoms with Crippen molar-refractivity contribution in [1.82, 2.24) is 4.90 Å². The molecule has 0 saturated carbocycles. The van der Waals surface area contributed by atoms with Gasteiger partial charge in [-0.3, -0.25) is 4.79 Å². The Morgan fingerprint density at radius 3 is 2.28 bits per heavy atom. The zero-order valence-electron chi connectivity index (χ0n) is 10.9. The number of benzene rings is 1. The standard InChI is InChI=1S/C14H21N3O/c1-2-16-7-9-17(10-8-16)13-5-3-12(4-6-13)14(18)11-15/h3-6H,2,7-11,15H2,1H3. The number of hydrogen-bond acceptors (Lipinski definition) is 4. The second-order valence-electron chi connectivity index (χ2n) is 4.60. The van der Waals surface area contributed by atoms with E-state index in [2.05, 4.69) is 16.7 Å². The predicted octanol–water partition coefficient (Wildman–Crippen LogP) is 0.970. The maximum absolute atomic E-state index is 11.4. The smallest absolute Gasteiger partial charge is 0.176 e. The molecule has 1 aromatic carbocycles. The molecule has 0 spiro atoms. The fourth-order valence-electron chi connectivity index (χ4n) is 2.30. The third-order valence-electron chi connectivity index (χ3n) is 3.56. The molecule has 1 aliphatic rings. The van der Waals surface area contributed by atoms with Crippen LogP contribution < -0.4 is 10.6 Å². The normalized spacial score (nSPS) is 16.9. The van der Waals surface area contributed by atoms with E-state index in [-0.39, 0.29) is 12.3 Å². The van der Waals surface area contributed by atoms with Crippen molar-refractivity contribution in [2.24, 2.45) is 5.73 Å². The molecule has 0 radical (unpaired) electrons. The van der Waals surface area contributed by atoms with Crippen molar-refractivity contribution in [2.45, 2.75) is 6.92 Å². The van der Waals surface area contributed by atoms with E-state index in [9.17, 15) is 4.79 Å². The van der Waals surface area contributed by atoms with E-state index in [0.717, 1.165) is 32.7 Å². The minimum Gasteiger partial charge on any atom is -0.369 e. The van der Waals surface area contributed by atoms with Gasteiger partial charge < -0.3 is 15.5 Å². The van der Waals surface area contributed by atoms with Crippen LogP contribution >= 0.6 is 0 Å². The highest BCUT2D eigenvalue weighted by molar-refractivity contribution is 5.97. The first-order chi connectivity index (χ1) is 8.74. The van der Waals surface area contributed by atoms with Gasteiger partial charge in [0.1, 0.15) is 0 Å². The highest BCUT2D eigenvalue weighted by atomic mass is 16.1. The molecule has 1 heterocycles. The van der Waals surface area contributed by atoms with Crippen molar-refractivity contribution in [1.29, 1.82) is 0 Å². The van der Waals surface area contributed by atoms with Gasteiger partial charge in [-0.05, 0) is 30.8 Å². The molecule has 0 amide bonds. The van der Waals surface area contributed by atoms with Gasteiger partial charge in [0.2, 0.25) is 0 Å². The van der Waals surface area contributed by atoms with Crippen molar-refractivity contribution in [3.05, 3.63) is 29.8 Å². The summed E-state index contributed by atoms with van der Waals surface area (Å²) in [7, 11) is 0. The fraction of sp³-hybridized carbons (Fsp3) is 0.500. The molecule has 1 saturated heterocycles. The molecule has 2 N–H and O–H groups in total. The van der Waals surface area contributed by atoms with Gasteiger partial charge in [0.05, 0.1) is 6.54 Å². The summed E-state index contributed by atoms with van der Waals surface area (Å²) in [6.45, 7) is 7.73. The van der Waals surface area contributed by atoms with Crippen LogP contribution in [0.4, 0.5) is 5.69 Å². The van der Waals surface area contributed by atoms with E-state index in [1.54, 1.807) is 0 Å². The predicted molar refractivity (Wildman–Crippen MR) is 74.2 cm³/mol. The molecule has 2 rings (SSSR count). The molecule has 1 aliphatic heterocycles. The average molecular weight is 247 g/mol. The molecule has 18 heavy (non-hydrogen) atoms. The van der Waals surface area contributed by atoms with Crippen LogP contribution in [0.2, 0.25) is 0 Å². The summed E-state index contributed by atoms with van der Waals surface area (Å²) in [5.74, 6) is -0.00245. The van der Waals surface area contributed by atoms with Crippen LogP contribution in [0.15, 0.2) is 24.3 Å². The van der Waals surface area contributed by atoms with Crippen LogP contribution in [-0.2, 0) is 0 Å². The molecular weight excluding hydrogens is 226 g/mol. The summed E-state index contributed by atoms with van der Waals surface area (Å²) in [6, 6.07) is 7.78. The molecule has 1 aromatic rings. The lowest BCUT2D eigenvalue weighted by Gasteiger charge is -2.35. The van der Waals surface area contributed by atoms with Crippen molar-refractivity contribution in [3.63, 3.8) is 0 Å². The third kappa shape index (κ3) is 2.89. The Kier molecular flexibility index (Phi) is 4.33. The van der Waals surface area contributed by atoms with E-state index in [1.807, 2.05) is 24.3 Å². The van der Waals surface area contributed by atoms with E-state index >= 15 is 0 Å². The molecule has 4 heteroatoms. The second kappa shape index (κ2) is 5.98. The lowest BCUT2D eigenvalue weighted by Crippen LogP contribution is -2.46. The van der Waals surface area contributed by atoms with Gasteiger partial charge in [-0.1, -0.05) is 6.92 Å². The summed E-state index contributed by atoms with van der Waals surface area (Å²) in [5, 5.41) is 0. The van der Waals surface area contributed by atoms with Crippen LogP contribution in [-0.4, -0.2) is 50.0 Å². The van der Waals surface area contributed by atoms with Crippen LogP contribution in [0.25, 0.3) is 0 Å². The largest absolute Gasteiger partial charge is 0.369 e. The minimum absolute atomic E-state index is 0.00245. The van der Waals surface area contributed by atoms with E-state index < -0.39 is 0 Å². The van der Waals surface area contributed by atoms with Crippen molar-refractivity contribution >= 4 is 11.5 Å². The number of carbonyl (C=O) groups excluding carboxylic acids is 1. The van der Waals surface area contributed by atoms with Crippen molar-refractivity contribution in [2.75, 3.05) is 44.2 Å². The topological polar surface area (TPSA) is 49.6 Å². The molecule has 98 valence electrons. The summed E-state index contributed by atoms with van der Waals surface area (Å²) < 4.78 is 0. The van der Waals surface area contributed by atoms with Crippen molar-refractivity contribution in [3.8, 4) is 0 Å². The lowest BCUT2D eigenvalue weighted by atomic mass is 10.1. The Morgan fingerprint density at radius 1 is 1.17 bits per heavy atom. The molecule has 0 bridgehead atoms. The number of piperazine rings is 1. The fourth-order valence-corrected chi connectivity index (χ4v) is 2.30. The van der Waals surface area contributed by atoms with Gasteiger partial charge in [0, 0.05) is 37.4 Å². The van der Waals surface area contributed by atoms with Crippen LogP contribution in [0.1, 0.15) is 17.3 Å². The van der Waals surface area contributed by atoms with Crippen LogP contribution in [0, 0.1) is 0 Å². The number of likely N-dealkylation sites (N-methyl/N-ethyl adjacent to an activating group) is 1. The number of rotatable bonds is 4. The van der Waals surface area contributed by atoms with Gasteiger partial charge in [0.25, 0.3) is 0 Å². The molecular formula is C14H21N3O. The number of anilines is 1. The summed E-state index contributed by atoms with van der Waals surface area (Å²) >= 11 is 0. The number of hydrogen-bond donors (Lipinski definition) is 1. The van der Waals surface area contributed by atoms with Gasteiger partial charge in [-0.2, -0.15) is 0 Å². The van der Waals surface area contributed by atoms with Crippen LogP contribution in [0.3, 0.4) is 0 Å². The minimum atomic E-state index is -0.00245. The SMILES string of the molecule is CCN1CCN(c2ccc(C(=O)CN)cc2)CC1. The summed E-state index contributed by atoms with van der Waals surface area (Å²) in [5.41, 5.74) is 7.25. The number of carbonyl (C=O) groups is 1. The first kappa shape index (κ1) is 13.1. The Balaban J connectivity index is 2.00. The van der Waals surface area contributed by atoms with Crippen molar-refractivity contribution < 1.29 is 4.79 Å². The van der Waals surface area contributed by atoms with Gasteiger partial charge in [-0.15, -0.1) is 0 Å². The molecule has 0 aromatic heterocycles. The Labute approximate surface area is 108 Å². The second-order valence-corrected chi connectivity index (χ2v) is 4.60. The molecule has 0 atom stereocenters. The highest BCUT2D eigenvalue weighted by Crippen LogP contribution is 2.17. The zero-order valence-corrected chi connectivity index (χ0v) is 10.9. The molecule has 0 aliphatic carbocycles. The highest BCUT2D eigenvalue weighted by Gasteiger charge is 2.15. The quantitative estimate of drug-likeness (QED) is 0.806. The van der Waals surface area contributed by atoms with Gasteiger partial charge in [-0.25, -0.2) is 0 Å². The van der Waals surface area contributed by atoms with Crippen LogP contribution in [0.5, 0.6) is 0 Å². The van der Waals surface area contributed by atoms with E-state index in [4.69, 9.17) is 5.73 Å². The number of nitrogens with two attached hydrogens (primary N) is 1. The number of nitrogens with zero attached hydrogens (tertiary/aromatic N) is 2. The molecule has 0 unspecified atom stereocenters. The average Bonchev–Trinajstić information content (AvgIpc) is 2.47. The van der Waals surface area contributed by atoms with E-state index in [1.165, 1.54) is 5.69 Å². The molecule has 4 nitrogen and oxygen atoms in total. The van der Waals surface area contributed by atoms with Gasteiger partial charge in [0.15, 0.2) is 5.78 Å². The number of Topliss-reactive ketones (excluding diaryl/α,β-unsaturated/α-hetero) is 1. The van der Waals surface area contributed by atoms with E-state index in [0.29, 0.717) is 5.56 Å². The maximum atomic E-state index is 11.4. The lowest BCUT2D eigenvalue weighted by molar-refractivity contribution is 0.100. The Morgan fingerprint density at radius 2 is 1.78 bits per heavy atom. The third-order valence-corrected chi connectivity index (χ3v) is 3.56. The Bertz CT molecular complexity index is 394. The van der Waals surface area contributed by atoms with Gasteiger partial charge >= 0.3 is 0 Å². The Hall–Kier alpha value is -1.39. The molecule has 1 fully saturated rings. The first-order valence-corrected chi connectivity index (χ1v) is 6.55.